The lowest BCUT2D eigenvalue weighted by Gasteiger charge is -2.16. The van der Waals surface area contributed by atoms with E-state index in [9.17, 15) is 5.26 Å². The van der Waals surface area contributed by atoms with E-state index in [2.05, 4.69) is 46.0 Å². The van der Waals surface area contributed by atoms with Gasteiger partial charge in [0.1, 0.15) is 0 Å². The Morgan fingerprint density at radius 2 is 1.11 bits per heavy atom. The smallest absolute Gasteiger partial charge is 0.166 e. The highest BCUT2D eigenvalue weighted by molar-refractivity contribution is 6.10. The molecule has 0 fully saturated rings. The van der Waals surface area contributed by atoms with Gasteiger partial charge in [-0.3, -0.25) is 4.98 Å². The number of benzene rings is 5. The molecule has 6 heteroatoms. The van der Waals surface area contributed by atoms with Crippen LogP contribution in [-0.2, 0) is 0 Å². The van der Waals surface area contributed by atoms with Crippen LogP contribution in [0.4, 0.5) is 0 Å². The molecular formula is C39H24N6. The topological polar surface area (TPSA) is 80.3 Å². The van der Waals surface area contributed by atoms with Crippen molar-refractivity contribution in [2.75, 3.05) is 0 Å². The molecule has 0 aliphatic heterocycles. The second-order valence-corrected chi connectivity index (χ2v) is 10.7. The van der Waals surface area contributed by atoms with E-state index in [0.717, 1.165) is 55.3 Å². The third-order valence-corrected chi connectivity index (χ3v) is 7.99. The van der Waals surface area contributed by atoms with E-state index < -0.39 is 0 Å². The number of nitriles is 1. The molecule has 0 aliphatic carbocycles. The van der Waals surface area contributed by atoms with Gasteiger partial charge in [0.25, 0.3) is 0 Å². The third kappa shape index (κ3) is 4.69. The molecule has 0 atom stereocenters. The van der Waals surface area contributed by atoms with Gasteiger partial charge in [0.15, 0.2) is 17.5 Å². The minimum atomic E-state index is 0.563. The van der Waals surface area contributed by atoms with Crippen molar-refractivity contribution in [2.24, 2.45) is 0 Å². The second-order valence-electron chi connectivity index (χ2n) is 10.7. The van der Waals surface area contributed by atoms with Gasteiger partial charge >= 0.3 is 0 Å². The first-order valence-electron chi connectivity index (χ1n) is 14.6. The highest BCUT2D eigenvalue weighted by Gasteiger charge is 2.20. The van der Waals surface area contributed by atoms with Gasteiger partial charge in [-0.15, -0.1) is 0 Å². The van der Waals surface area contributed by atoms with E-state index in [4.69, 9.17) is 15.0 Å². The molecule has 0 N–H and O–H groups in total. The number of aromatic nitrogens is 5. The first kappa shape index (κ1) is 26.2. The first-order valence-corrected chi connectivity index (χ1v) is 14.6. The van der Waals surface area contributed by atoms with Crippen LogP contribution in [0.15, 0.2) is 146 Å². The maximum Gasteiger partial charge on any atom is 0.166 e. The number of pyridine rings is 1. The van der Waals surface area contributed by atoms with Crippen molar-refractivity contribution in [1.82, 2.24) is 24.5 Å². The Balaban J connectivity index is 1.46. The van der Waals surface area contributed by atoms with Crippen LogP contribution < -0.4 is 0 Å². The molecule has 0 radical (unpaired) electrons. The summed E-state index contributed by atoms with van der Waals surface area (Å²) in [6.07, 6.45) is 3.60. The van der Waals surface area contributed by atoms with Crippen LogP contribution in [0.3, 0.4) is 0 Å². The largest absolute Gasteiger partial charge is 0.308 e. The summed E-state index contributed by atoms with van der Waals surface area (Å²) in [5.74, 6) is 1.76. The number of para-hydroxylation sites is 1. The lowest BCUT2D eigenvalue weighted by Crippen LogP contribution is -2.04. The number of nitrogens with zero attached hydrogens (tertiary/aromatic N) is 6. The maximum absolute atomic E-state index is 9.68. The van der Waals surface area contributed by atoms with Crippen molar-refractivity contribution in [3.63, 3.8) is 0 Å². The molecule has 0 unspecified atom stereocenters. The van der Waals surface area contributed by atoms with Gasteiger partial charge in [-0.2, -0.15) is 5.26 Å². The van der Waals surface area contributed by atoms with E-state index in [-0.39, 0.29) is 0 Å². The van der Waals surface area contributed by atoms with Gasteiger partial charge in [0, 0.05) is 39.9 Å². The quantitative estimate of drug-likeness (QED) is 0.204. The first-order chi connectivity index (χ1) is 22.3. The summed E-state index contributed by atoms with van der Waals surface area (Å²) in [7, 11) is 0. The average Bonchev–Trinajstić information content (AvgIpc) is 3.45. The molecule has 210 valence electrons. The monoisotopic (exact) mass is 576 g/mol. The maximum atomic E-state index is 9.68. The standard InChI is InChI=1S/C39H24N6/c40-25-26-15-17-35-32(23-26)31-13-7-8-14-34(31)45(35)36-18-16-30(27-19-21-41-22-20-27)24-33(36)39-43-37(28-9-3-1-4-10-28)42-38(44-39)29-11-5-2-6-12-29/h1-24H. The number of hydrogen-bond acceptors (Lipinski definition) is 5. The van der Waals surface area contributed by atoms with Gasteiger partial charge < -0.3 is 4.57 Å². The predicted molar refractivity (Wildman–Crippen MR) is 178 cm³/mol. The van der Waals surface area contributed by atoms with Gasteiger partial charge in [-0.05, 0) is 59.7 Å². The highest BCUT2D eigenvalue weighted by atomic mass is 15.1. The number of rotatable bonds is 5. The molecule has 0 saturated carbocycles. The molecule has 6 nitrogen and oxygen atoms in total. The summed E-state index contributed by atoms with van der Waals surface area (Å²) < 4.78 is 2.24. The molecule has 0 spiro atoms. The summed E-state index contributed by atoms with van der Waals surface area (Å²) >= 11 is 0. The van der Waals surface area contributed by atoms with Crippen LogP contribution in [0.2, 0.25) is 0 Å². The van der Waals surface area contributed by atoms with Crippen molar-refractivity contribution in [2.45, 2.75) is 0 Å². The van der Waals surface area contributed by atoms with Gasteiger partial charge in [0.05, 0.1) is 28.4 Å². The average molecular weight is 577 g/mol. The van der Waals surface area contributed by atoms with E-state index in [0.29, 0.717) is 23.0 Å². The molecule has 3 heterocycles. The van der Waals surface area contributed by atoms with Crippen LogP contribution in [-0.4, -0.2) is 24.5 Å². The normalized spacial score (nSPS) is 11.1. The van der Waals surface area contributed by atoms with Crippen LogP contribution in [0.5, 0.6) is 0 Å². The molecule has 0 bridgehead atoms. The van der Waals surface area contributed by atoms with Crippen molar-refractivity contribution in [1.29, 1.82) is 5.26 Å². The minimum absolute atomic E-state index is 0.563. The van der Waals surface area contributed by atoms with Gasteiger partial charge in [-0.1, -0.05) is 84.9 Å². The summed E-state index contributed by atoms with van der Waals surface area (Å²) in [4.78, 5) is 19.3. The van der Waals surface area contributed by atoms with E-state index in [1.54, 1.807) is 12.4 Å². The Hall–Kier alpha value is -6.45. The fourth-order valence-corrected chi connectivity index (χ4v) is 5.87. The van der Waals surface area contributed by atoms with Crippen LogP contribution in [0.25, 0.3) is 72.8 Å². The predicted octanol–water partition coefficient (Wildman–Crippen LogP) is 8.90. The zero-order chi connectivity index (χ0) is 30.2. The molecule has 45 heavy (non-hydrogen) atoms. The highest BCUT2D eigenvalue weighted by Crippen LogP contribution is 2.38. The molecule has 0 aliphatic rings. The van der Waals surface area contributed by atoms with Crippen molar-refractivity contribution < 1.29 is 0 Å². The Morgan fingerprint density at radius 1 is 0.489 bits per heavy atom. The van der Waals surface area contributed by atoms with Crippen LogP contribution >= 0.6 is 0 Å². The van der Waals surface area contributed by atoms with Crippen LogP contribution in [0, 0.1) is 11.3 Å². The number of fused-ring (bicyclic) bond motifs is 3. The fraction of sp³-hybridized carbons (Fsp3) is 0. The summed E-state index contributed by atoms with van der Waals surface area (Å²) in [5.41, 5.74) is 8.30. The SMILES string of the molecule is N#Cc1ccc2c(c1)c1ccccc1n2-c1ccc(-c2ccncc2)cc1-c1nc(-c2ccccc2)nc(-c2ccccc2)n1. The molecule has 0 amide bonds. The van der Waals surface area contributed by atoms with Crippen molar-refractivity contribution in [3.8, 4) is 57.0 Å². The fourth-order valence-electron chi connectivity index (χ4n) is 5.87. The zero-order valence-electron chi connectivity index (χ0n) is 24.0. The Morgan fingerprint density at radius 3 is 1.80 bits per heavy atom. The Bertz CT molecular complexity index is 2320. The molecule has 5 aromatic carbocycles. The lowest BCUT2D eigenvalue weighted by molar-refractivity contribution is 1.06. The summed E-state index contributed by atoms with van der Waals surface area (Å²) in [5, 5.41) is 11.8. The number of hydrogen-bond donors (Lipinski definition) is 0. The summed E-state index contributed by atoms with van der Waals surface area (Å²) in [6, 6.07) is 46.8. The van der Waals surface area contributed by atoms with Crippen LogP contribution in [0.1, 0.15) is 5.56 Å². The molecular weight excluding hydrogens is 552 g/mol. The zero-order valence-corrected chi connectivity index (χ0v) is 24.0. The molecule has 8 aromatic rings. The van der Waals surface area contributed by atoms with Crippen molar-refractivity contribution >= 4 is 21.8 Å². The van der Waals surface area contributed by atoms with Gasteiger partial charge in [0.2, 0.25) is 0 Å². The minimum Gasteiger partial charge on any atom is -0.308 e. The van der Waals surface area contributed by atoms with E-state index in [1.165, 1.54) is 0 Å². The third-order valence-electron chi connectivity index (χ3n) is 7.99. The van der Waals surface area contributed by atoms with Crippen molar-refractivity contribution in [3.05, 3.63) is 151 Å². The molecule has 0 saturated heterocycles. The molecule has 8 rings (SSSR count). The molecule has 3 aromatic heterocycles. The van der Waals surface area contributed by atoms with E-state index >= 15 is 0 Å². The Labute approximate surface area is 259 Å². The van der Waals surface area contributed by atoms with Gasteiger partial charge in [-0.25, -0.2) is 15.0 Å². The lowest BCUT2D eigenvalue weighted by atomic mass is 10.0. The second kappa shape index (κ2) is 11.0. The summed E-state index contributed by atoms with van der Waals surface area (Å²) in [6.45, 7) is 0. The van der Waals surface area contributed by atoms with E-state index in [1.807, 2.05) is 103 Å². The Kier molecular flexibility index (Phi) is 6.40.